The first-order chi connectivity index (χ1) is 10.6. The molecule has 22 heavy (non-hydrogen) atoms. The molecule has 120 valence electrons. The molecule has 1 aliphatic rings. The zero-order valence-electron chi connectivity index (χ0n) is 13.2. The molecule has 3 heterocycles. The molecular formula is C14H22N6O2. The van der Waals surface area contributed by atoms with Gasteiger partial charge in [-0.25, -0.2) is 0 Å². The van der Waals surface area contributed by atoms with Gasteiger partial charge in [0.25, 0.3) is 0 Å². The number of aromatic nitrogens is 4. The smallest absolute Gasteiger partial charge is 0.227 e. The van der Waals surface area contributed by atoms with E-state index in [1.165, 1.54) is 0 Å². The van der Waals surface area contributed by atoms with Gasteiger partial charge < -0.3 is 14.4 Å². The largest absolute Gasteiger partial charge is 0.339 e. The van der Waals surface area contributed by atoms with Gasteiger partial charge in [-0.15, -0.1) is 0 Å². The lowest BCUT2D eigenvalue weighted by Crippen LogP contribution is -2.44. The Bertz CT molecular complexity index is 608. The first-order valence-electron chi connectivity index (χ1n) is 7.69. The van der Waals surface area contributed by atoms with Gasteiger partial charge in [0.2, 0.25) is 11.8 Å². The fraction of sp³-hybridized carbons (Fsp3) is 0.714. The normalized spacial score (nSPS) is 19.9. The summed E-state index contributed by atoms with van der Waals surface area (Å²) in [7, 11) is 2.08. The second-order valence-electron chi connectivity index (χ2n) is 5.95. The molecule has 0 bridgehead atoms. The van der Waals surface area contributed by atoms with E-state index >= 15 is 0 Å². The Hall–Kier alpha value is -1.80. The molecule has 0 aromatic carbocycles. The van der Waals surface area contributed by atoms with Gasteiger partial charge in [0.05, 0.1) is 6.04 Å². The molecule has 2 aromatic rings. The average Bonchev–Trinajstić information content (AvgIpc) is 3.15. The summed E-state index contributed by atoms with van der Waals surface area (Å²) in [4.78, 5) is 11.1. The highest BCUT2D eigenvalue weighted by molar-refractivity contribution is 4.99. The molecule has 1 atom stereocenters. The van der Waals surface area contributed by atoms with E-state index in [4.69, 9.17) is 9.05 Å². The zero-order valence-corrected chi connectivity index (χ0v) is 13.2. The summed E-state index contributed by atoms with van der Waals surface area (Å²) in [6.45, 7) is 6.89. The van der Waals surface area contributed by atoms with Crippen molar-refractivity contribution < 1.29 is 9.05 Å². The number of piperazine rings is 1. The van der Waals surface area contributed by atoms with Gasteiger partial charge in [0.1, 0.15) is 0 Å². The maximum absolute atomic E-state index is 5.34. The molecule has 0 saturated carbocycles. The second kappa shape index (κ2) is 6.53. The molecule has 0 spiro atoms. The Morgan fingerprint density at radius 1 is 1.18 bits per heavy atom. The molecule has 1 N–H and O–H groups in total. The van der Waals surface area contributed by atoms with Crippen LogP contribution in [-0.2, 0) is 12.8 Å². The number of nitrogens with zero attached hydrogens (tertiary/aromatic N) is 5. The highest BCUT2D eigenvalue weighted by atomic mass is 16.5. The van der Waals surface area contributed by atoms with Crippen LogP contribution in [0.25, 0.3) is 0 Å². The minimum Gasteiger partial charge on any atom is -0.339 e. The van der Waals surface area contributed by atoms with E-state index in [1.54, 1.807) is 0 Å². The third-order valence-electron chi connectivity index (χ3n) is 3.85. The van der Waals surface area contributed by atoms with Gasteiger partial charge >= 0.3 is 0 Å². The summed E-state index contributed by atoms with van der Waals surface area (Å²) in [6.07, 6.45) is 1.22. The summed E-state index contributed by atoms with van der Waals surface area (Å²) >= 11 is 0. The van der Waals surface area contributed by atoms with Gasteiger partial charge in [-0.3, -0.25) is 4.90 Å². The average molecular weight is 306 g/mol. The van der Waals surface area contributed by atoms with Crippen LogP contribution in [0, 0.1) is 0 Å². The molecule has 1 saturated heterocycles. The van der Waals surface area contributed by atoms with Crippen LogP contribution in [0.4, 0.5) is 0 Å². The van der Waals surface area contributed by atoms with Crippen LogP contribution in [0.3, 0.4) is 0 Å². The summed E-state index contributed by atoms with van der Waals surface area (Å²) in [5.74, 6) is 2.95. The quantitative estimate of drug-likeness (QED) is 0.872. The van der Waals surface area contributed by atoms with Crippen LogP contribution < -0.4 is 5.32 Å². The highest BCUT2D eigenvalue weighted by Gasteiger charge is 2.25. The maximum atomic E-state index is 5.34. The monoisotopic (exact) mass is 306 g/mol. The number of rotatable bonds is 5. The Kier molecular flexibility index (Phi) is 4.49. The van der Waals surface area contributed by atoms with Crippen LogP contribution in [0.2, 0.25) is 0 Å². The van der Waals surface area contributed by atoms with Gasteiger partial charge in [-0.2, -0.15) is 9.97 Å². The Morgan fingerprint density at radius 3 is 2.59 bits per heavy atom. The van der Waals surface area contributed by atoms with Crippen molar-refractivity contribution in [2.45, 2.75) is 38.6 Å². The number of nitrogens with one attached hydrogen (secondary N) is 1. The molecule has 2 aromatic heterocycles. The van der Waals surface area contributed by atoms with E-state index in [0.717, 1.165) is 31.3 Å². The lowest BCUT2D eigenvalue weighted by atomic mass is 10.2. The molecular weight excluding hydrogens is 284 g/mol. The molecule has 8 heteroatoms. The number of hydrogen-bond donors (Lipinski definition) is 1. The van der Waals surface area contributed by atoms with E-state index in [1.807, 2.05) is 13.8 Å². The highest BCUT2D eigenvalue weighted by Crippen LogP contribution is 2.18. The summed E-state index contributed by atoms with van der Waals surface area (Å²) in [5, 5.41) is 11.4. The first kappa shape index (κ1) is 15.1. The molecule has 1 fully saturated rings. The van der Waals surface area contributed by atoms with Crippen molar-refractivity contribution in [3.63, 3.8) is 0 Å². The van der Waals surface area contributed by atoms with Crippen molar-refractivity contribution in [1.29, 1.82) is 0 Å². The Balaban J connectivity index is 1.59. The minimum absolute atomic E-state index is 0.169. The fourth-order valence-electron chi connectivity index (χ4n) is 2.42. The van der Waals surface area contributed by atoms with Crippen molar-refractivity contribution >= 4 is 0 Å². The molecule has 8 nitrogen and oxygen atoms in total. The lowest BCUT2D eigenvalue weighted by Gasteiger charge is -2.30. The molecule has 0 amide bonds. The number of likely N-dealkylation sites (N-methyl/N-ethyl adjacent to an activating group) is 1. The Morgan fingerprint density at radius 2 is 1.91 bits per heavy atom. The molecule has 1 aliphatic heterocycles. The SMILES string of the molecule is CC(C)c1noc(CCc2nc(C3CNCCN3C)no2)n1. The predicted molar refractivity (Wildman–Crippen MR) is 78.3 cm³/mol. The topological polar surface area (TPSA) is 93.1 Å². The standard InChI is InChI=1S/C14H22N6O2/c1-9(2)13-16-11(21-18-13)4-5-12-17-14(19-22-12)10-8-15-6-7-20(10)3/h9-10,15H,4-8H2,1-3H3. The van der Waals surface area contributed by atoms with Crippen LogP contribution in [0.1, 0.15) is 49.2 Å². The third-order valence-corrected chi connectivity index (χ3v) is 3.85. The van der Waals surface area contributed by atoms with Crippen molar-refractivity contribution in [2.75, 3.05) is 26.7 Å². The summed E-state index contributed by atoms with van der Waals surface area (Å²) < 4.78 is 10.6. The van der Waals surface area contributed by atoms with Crippen LogP contribution in [0.5, 0.6) is 0 Å². The number of aryl methyl sites for hydroxylation is 2. The van der Waals surface area contributed by atoms with Crippen LogP contribution in [0.15, 0.2) is 9.05 Å². The van der Waals surface area contributed by atoms with Crippen molar-refractivity contribution in [2.24, 2.45) is 0 Å². The van der Waals surface area contributed by atoms with Gasteiger partial charge in [0, 0.05) is 38.4 Å². The summed E-state index contributed by atoms with van der Waals surface area (Å²) in [5.41, 5.74) is 0. The summed E-state index contributed by atoms with van der Waals surface area (Å²) in [6, 6.07) is 0.169. The van der Waals surface area contributed by atoms with Crippen molar-refractivity contribution in [1.82, 2.24) is 30.5 Å². The zero-order chi connectivity index (χ0) is 15.5. The molecule has 0 aliphatic carbocycles. The van der Waals surface area contributed by atoms with E-state index < -0.39 is 0 Å². The van der Waals surface area contributed by atoms with Crippen molar-refractivity contribution in [3.05, 3.63) is 23.4 Å². The van der Waals surface area contributed by atoms with Gasteiger partial charge in [-0.1, -0.05) is 24.2 Å². The predicted octanol–water partition coefficient (Wildman–Crippen LogP) is 0.937. The number of hydrogen-bond acceptors (Lipinski definition) is 8. The third kappa shape index (κ3) is 3.33. The minimum atomic E-state index is 0.169. The van der Waals surface area contributed by atoms with Crippen LogP contribution >= 0.6 is 0 Å². The van der Waals surface area contributed by atoms with E-state index in [0.29, 0.717) is 24.6 Å². The van der Waals surface area contributed by atoms with E-state index in [2.05, 4.69) is 37.5 Å². The van der Waals surface area contributed by atoms with E-state index in [9.17, 15) is 0 Å². The molecule has 0 radical (unpaired) electrons. The molecule has 3 rings (SSSR count). The first-order valence-corrected chi connectivity index (χ1v) is 7.69. The Labute approximate surface area is 129 Å². The fourth-order valence-corrected chi connectivity index (χ4v) is 2.42. The van der Waals surface area contributed by atoms with Crippen LogP contribution in [-0.4, -0.2) is 51.9 Å². The lowest BCUT2D eigenvalue weighted by molar-refractivity contribution is 0.190. The maximum Gasteiger partial charge on any atom is 0.227 e. The van der Waals surface area contributed by atoms with E-state index in [-0.39, 0.29) is 12.0 Å². The van der Waals surface area contributed by atoms with Crippen molar-refractivity contribution in [3.8, 4) is 0 Å². The molecule has 1 unspecified atom stereocenters. The van der Waals surface area contributed by atoms with Gasteiger partial charge in [0.15, 0.2) is 11.6 Å². The second-order valence-corrected chi connectivity index (χ2v) is 5.95. The van der Waals surface area contributed by atoms with Gasteiger partial charge in [-0.05, 0) is 7.05 Å².